The van der Waals surface area contributed by atoms with Crippen LogP contribution in [0, 0.1) is 0 Å². The number of nitrogens with zero attached hydrogens (tertiary/aromatic N) is 3. The van der Waals surface area contributed by atoms with Crippen molar-refractivity contribution in [1.82, 2.24) is 14.7 Å². The van der Waals surface area contributed by atoms with Gasteiger partial charge in [0.2, 0.25) is 0 Å². The quantitative estimate of drug-likeness (QED) is 0.845. The van der Waals surface area contributed by atoms with Crippen LogP contribution in [0.3, 0.4) is 0 Å². The number of rotatable bonds is 5. The molecule has 6 heteroatoms. The van der Waals surface area contributed by atoms with Crippen molar-refractivity contribution >= 4 is 5.91 Å². The minimum Gasteiger partial charge on any atom is -0.497 e. The molecular weight excluding hydrogens is 306 g/mol. The van der Waals surface area contributed by atoms with E-state index in [-0.39, 0.29) is 11.9 Å². The second-order valence-corrected chi connectivity index (χ2v) is 5.81. The Labute approximate surface area is 142 Å². The maximum atomic E-state index is 13.1. The van der Waals surface area contributed by atoms with E-state index in [4.69, 9.17) is 9.47 Å². The van der Waals surface area contributed by atoms with E-state index in [1.54, 1.807) is 25.4 Å². The van der Waals surface area contributed by atoms with Crippen LogP contribution in [-0.2, 0) is 17.8 Å². The van der Waals surface area contributed by atoms with Crippen LogP contribution in [0.2, 0.25) is 0 Å². The van der Waals surface area contributed by atoms with Crippen molar-refractivity contribution < 1.29 is 14.3 Å². The predicted octanol–water partition coefficient (Wildman–Crippen LogP) is 2.34. The number of fused-ring (bicyclic) bond motifs is 1. The smallest absolute Gasteiger partial charge is 0.254 e. The Hall–Kier alpha value is -2.34. The molecule has 0 radical (unpaired) electrons. The van der Waals surface area contributed by atoms with Gasteiger partial charge in [-0.25, -0.2) is 0 Å². The highest BCUT2D eigenvalue weighted by atomic mass is 16.5. The molecule has 1 amide bonds. The summed E-state index contributed by atoms with van der Waals surface area (Å²) in [6.45, 7) is 4.50. The molecule has 0 bridgehead atoms. The molecule has 1 aliphatic heterocycles. The van der Waals surface area contributed by atoms with E-state index in [0.717, 1.165) is 24.4 Å². The lowest BCUT2D eigenvalue weighted by Crippen LogP contribution is -2.41. The van der Waals surface area contributed by atoms with Gasteiger partial charge in [0.1, 0.15) is 5.75 Å². The van der Waals surface area contributed by atoms with E-state index >= 15 is 0 Å². The molecular formula is C18H23N3O3. The molecule has 0 unspecified atom stereocenters. The summed E-state index contributed by atoms with van der Waals surface area (Å²) in [6, 6.07) is 9.25. The molecule has 0 saturated heterocycles. The van der Waals surface area contributed by atoms with Crippen LogP contribution in [0.25, 0.3) is 0 Å². The van der Waals surface area contributed by atoms with Crippen LogP contribution in [0.4, 0.5) is 0 Å². The fraction of sp³-hybridized carbons (Fsp3) is 0.444. The zero-order valence-electron chi connectivity index (χ0n) is 14.1. The van der Waals surface area contributed by atoms with Crippen LogP contribution in [0.1, 0.15) is 29.4 Å². The summed E-state index contributed by atoms with van der Waals surface area (Å²) in [5.41, 5.74) is 1.71. The first kappa shape index (κ1) is 16.5. The summed E-state index contributed by atoms with van der Waals surface area (Å²) in [5.74, 6) is 0.753. The lowest BCUT2D eigenvalue weighted by atomic mass is 10.1. The molecule has 0 aliphatic carbocycles. The molecule has 6 nitrogen and oxygen atoms in total. The second kappa shape index (κ2) is 7.49. The van der Waals surface area contributed by atoms with Gasteiger partial charge in [-0.2, -0.15) is 5.10 Å². The summed E-state index contributed by atoms with van der Waals surface area (Å²) in [6.07, 6.45) is 2.62. The Morgan fingerprint density at radius 1 is 1.29 bits per heavy atom. The van der Waals surface area contributed by atoms with Gasteiger partial charge in [0.15, 0.2) is 0 Å². The molecule has 0 spiro atoms. The number of methoxy groups -OCH3 is 1. The van der Waals surface area contributed by atoms with Gasteiger partial charge < -0.3 is 14.4 Å². The maximum Gasteiger partial charge on any atom is 0.254 e. The molecule has 0 saturated carbocycles. The van der Waals surface area contributed by atoms with E-state index in [2.05, 4.69) is 5.10 Å². The second-order valence-electron chi connectivity index (χ2n) is 5.81. The van der Waals surface area contributed by atoms with Gasteiger partial charge >= 0.3 is 0 Å². The van der Waals surface area contributed by atoms with Crippen LogP contribution in [0.15, 0.2) is 36.5 Å². The average molecular weight is 329 g/mol. The number of hydrogen-bond acceptors (Lipinski definition) is 4. The normalized spacial score (nSPS) is 17.2. The van der Waals surface area contributed by atoms with Crippen LogP contribution >= 0.6 is 0 Å². The Kier molecular flexibility index (Phi) is 5.15. The number of aromatic nitrogens is 2. The van der Waals surface area contributed by atoms with E-state index < -0.39 is 0 Å². The molecule has 1 aromatic carbocycles. The number of carbonyl (C=O) groups is 1. The number of amides is 1. The number of aryl methyl sites for hydroxylation is 1. The van der Waals surface area contributed by atoms with E-state index in [1.165, 1.54) is 0 Å². The molecule has 1 aromatic heterocycles. The SMILES string of the molecule is CCOC[C@@H]1CCn2nccc2CN1C(=O)c1ccc(OC)cc1. The van der Waals surface area contributed by atoms with Crippen molar-refractivity contribution in [2.75, 3.05) is 20.3 Å². The van der Waals surface area contributed by atoms with Crippen LogP contribution < -0.4 is 4.74 Å². The lowest BCUT2D eigenvalue weighted by Gasteiger charge is -2.29. The van der Waals surface area contributed by atoms with Gasteiger partial charge in [-0.05, 0) is 43.7 Å². The molecule has 2 heterocycles. The average Bonchev–Trinajstić information content (AvgIpc) is 3.00. The van der Waals surface area contributed by atoms with E-state index in [0.29, 0.717) is 25.3 Å². The fourth-order valence-corrected chi connectivity index (χ4v) is 2.99. The number of benzene rings is 1. The number of ether oxygens (including phenoxy) is 2. The topological polar surface area (TPSA) is 56.6 Å². The first-order valence-corrected chi connectivity index (χ1v) is 8.26. The highest BCUT2D eigenvalue weighted by Gasteiger charge is 2.28. The van der Waals surface area contributed by atoms with Gasteiger partial charge in [0.25, 0.3) is 5.91 Å². The number of carbonyl (C=O) groups excluding carboxylic acids is 1. The largest absolute Gasteiger partial charge is 0.497 e. The summed E-state index contributed by atoms with van der Waals surface area (Å²) in [5, 5.41) is 4.34. The zero-order valence-corrected chi connectivity index (χ0v) is 14.1. The van der Waals surface area contributed by atoms with Gasteiger partial charge in [-0.1, -0.05) is 0 Å². The lowest BCUT2D eigenvalue weighted by molar-refractivity contribution is 0.0422. The molecule has 1 atom stereocenters. The third kappa shape index (κ3) is 3.43. The van der Waals surface area contributed by atoms with Gasteiger partial charge in [0, 0.05) is 24.9 Å². The number of hydrogen-bond donors (Lipinski definition) is 0. The first-order valence-electron chi connectivity index (χ1n) is 8.26. The van der Waals surface area contributed by atoms with Crippen LogP contribution in [-0.4, -0.2) is 47.0 Å². The van der Waals surface area contributed by atoms with Crippen molar-refractivity contribution in [1.29, 1.82) is 0 Å². The van der Waals surface area contributed by atoms with Crippen molar-refractivity contribution in [3.63, 3.8) is 0 Å². The summed E-state index contributed by atoms with van der Waals surface area (Å²) in [4.78, 5) is 15.0. The molecule has 0 N–H and O–H groups in total. The Bertz CT molecular complexity index is 681. The van der Waals surface area contributed by atoms with Gasteiger partial charge in [-0.3, -0.25) is 9.48 Å². The van der Waals surface area contributed by atoms with Crippen molar-refractivity contribution in [3.05, 3.63) is 47.8 Å². The fourth-order valence-electron chi connectivity index (χ4n) is 2.99. The molecule has 3 rings (SSSR count). The third-order valence-electron chi connectivity index (χ3n) is 4.36. The Morgan fingerprint density at radius 3 is 2.79 bits per heavy atom. The molecule has 0 fully saturated rings. The highest BCUT2D eigenvalue weighted by molar-refractivity contribution is 5.94. The Balaban J connectivity index is 1.85. The van der Waals surface area contributed by atoms with Crippen molar-refractivity contribution in [2.24, 2.45) is 0 Å². The maximum absolute atomic E-state index is 13.1. The summed E-state index contributed by atoms with van der Waals surface area (Å²) >= 11 is 0. The van der Waals surface area contributed by atoms with Crippen molar-refractivity contribution in [2.45, 2.75) is 32.5 Å². The predicted molar refractivity (Wildman–Crippen MR) is 90.0 cm³/mol. The van der Waals surface area contributed by atoms with Gasteiger partial charge in [0.05, 0.1) is 32.0 Å². The molecule has 24 heavy (non-hydrogen) atoms. The zero-order chi connectivity index (χ0) is 16.9. The minimum absolute atomic E-state index is 0.0111. The van der Waals surface area contributed by atoms with E-state index in [9.17, 15) is 4.79 Å². The summed E-state index contributed by atoms with van der Waals surface area (Å²) < 4.78 is 12.8. The Morgan fingerprint density at radius 2 is 2.08 bits per heavy atom. The minimum atomic E-state index is 0.0111. The van der Waals surface area contributed by atoms with Crippen LogP contribution in [0.5, 0.6) is 5.75 Å². The molecule has 2 aromatic rings. The van der Waals surface area contributed by atoms with Crippen molar-refractivity contribution in [3.8, 4) is 5.75 Å². The van der Waals surface area contributed by atoms with Gasteiger partial charge in [-0.15, -0.1) is 0 Å². The third-order valence-corrected chi connectivity index (χ3v) is 4.36. The first-order chi connectivity index (χ1) is 11.7. The molecule has 1 aliphatic rings. The molecule has 128 valence electrons. The van der Waals surface area contributed by atoms with E-state index in [1.807, 2.05) is 34.7 Å². The standard InChI is InChI=1S/C18H23N3O3/c1-3-24-13-16-9-11-21-15(8-10-19-21)12-20(16)18(22)14-4-6-17(23-2)7-5-14/h4-8,10,16H,3,9,11-13H2,1-2H3/t16-/m0/s1. The summed E-state index contributed by atoms with van der Waals surface area (Å²) in [7, 11) is 1.62. The highest BCUT2D eigenvalue weighted by Crippen LogP contribution is 2.21. The monoisotopic (exact) mass is 329 g/mol.